The van der Waals surface area contributed by atoms with Gasteiger partial charge in [0.2, 0.25) is 0 Å². The Labute approximate surface area is 83.8 Å². The molecule has 84 valence electrons. The summed E-state index contributed by atoms with van der Waals surface area (Å²) in [6.45, 7) is -0.0371. The van der Waals surface area contributed by atoms with Gasteiger partial charge in [-0.2, -0.15) is 0 Å². The van der Waals surface area contributed by atoms with Gasteiger partial charge in [0, 0.05) is 12.8 Å². The van der Waals surface area contributed by atoms with E-state index in [-0.39, 0.29) is 19.4 Å². The number of rotatable bonds is 2. The second kappa shape index (κ2) is 3.77. The first-order chi connectivity index (χ1) is 6.29. The monoisotopic (exact) mass is 223 g/mol. The van der Waals surface area contributed by atoms with E-state index >= 15 is 0 Å². The molecule has 2 unspecified atom stereocenters. The molecule has 0 radical (unpaired) electrons. The van der Waals surface area contributed by atoms with Crippen molar-refractivity contribution in [3.8, 4) is 0 Å². The van der Waals surface area contributed by atoms with Crippen molar-refractivity contribution >= 4 is 9.84 Å². The van der Waals surface area contributed by atoms with Gasteiger partial charge >= 0.3 is 0 Å². The van der Waals surface area contributed by atoms with Gasteiger partial charge < -0.3 is 15.9 Å². The van der Waals surface area contributed by atoms with Crippen molar-refractivity contribution < 1.29 is 18.6 Å². The molecule has 5 nitrogen and oxygen atoms in total. The fourth-order valence-corrected chi connectivity index (χ4v) is 2.87. The lowest BCUT2D eigenvalue weighted by Gasteiger charge is -2.38. The molecule has 1 aliphatic carbocycles. The van der Waals surface area contributed by atoms with E-state index in [9.17, 15) is 18.6 Å². The van der Waals surface area contributed by atoms with Crippen LogP contribution in [0, 0.1) is 0 Å². The first-order valence-corrected chi connectivity index (χ1v) is 6.54. The van der Waals surface area contributed by atoms with E-state index < -0.39 is 26.8 Å². The van der Waals surface area contributed by atoms with Crippen LogP contribution in [0.5, 0.6) is 0 Å². The molecule has 0 spiro atoms. The average molecular weight is 223 g/mol. The van der Waals surface area contributed by atoms with Crippen LogP contribution in [0.15, 0.2) is 0 Å². The molecule has 1 aliphatic rings. The Kier molecular flexibility index (Phi) is 3.20. The molecule has 0 heterocycles. The summed E-state index contributed by atoms with van der Waals surface area (Å²) in [5, 5.41) is 18.8. The molecule has 0 aromatic heterocycles. The molecular weight excluding hydrogens is 206 g/mol. The first kappa shape index (κ1) is 11.9. The summed E-state index contributed by atoms with van der Waals surface area (Å²) in [5.74, 6) is 0. The van der Waals surface area contributed by atoms with E-state index in [0.29, 0.717) is 6.42 Å². The van der Waals surface area contributed by atoms with Crippen molar-refractivity contribution in [2.75, 3.05) is 12.8 Å². The van der Waals surface area contributed by atoms with Crippen LogP contribution in [-0.2, 0) is 9.84 Å². The molecule has 0 aliphatic heterocycles. The van der Waals surface area contributed by atoms with Crippen molar-refractivity contribution in [3.63, 3.8) is 0 Å². The summed E-state index contributed by atoms with van der Waals surface area (Å²) in [5.41, 5.74) is 4.02. The summed E-state index contributed by atoms with van der Waals surface area (Å²) in [4.78, 5) is 0. The Morgan fingerprint density at radius 3 is 2.50 bits per heavy atom. The van der Waals surface area contributed by atoms with Crippen LogP contribution in [0.25, 0.3) is 0 Å². The second-order valence-electron chi connectivity index (χ2n) is 4.05. The minimum absolute atomic E-state index is 0.0371. The lowest BCUT2D eigenvalue weighted by atomic mass is 9.82. The number of hydrogen-bond acceptors (Lipinski definition) is 5. The standard InChI is InChI=1S/C8H17NO4S/c1-14(12,13)6-2-3-8(11,5-9)7(10)4-6/h6-7,10-11H,2-5,9H2,1H3/t6-,7?,8?/m1/s1. The van der Waals surface area contributed by atoms with Crippen molar-refractivity contribution in [2.24, 2.45) is 5.73 Å². The van der Waals surface area contributed by atoms with Crippen LogP contribution in [0.1, 0.15) is 19.3 Å². The van der Waals surface area contributed by atoms with Gasteiger partial charge in [-0.3, -0.25) is 0 Å². The highest BCUT2D eigenvalue weighted by Gasteiger charge is 2.42. The summed E-state index contributed by atoms with van der Waals surface area (Å²) in [7, 11) is -3.13. The van der Waals surface area contributed by atoms with Crippen LogP contribution < -0.4 is 5.73 Å². The number of sulfone groups is 1. The second-order valence-corrected chi connectivity index (χ2v) is 6.38. The number of aliphatic hydroxyl groups excluding tert-OH is 1. The maximum absolute atomic E-state index is 11.2. The largest absolute Gasteiger partial charge is 0.390 e. The lowest BCUT2D eigenvalue weighted by Crippen LogP contribution is -2.54. The Balaban J connectivity index is 2.74. The molecule has 1 saturated carbocycles. The average Bonchev–Trinajstić information content (AvgIpc) is 2.08. The van der Waals surface area contributed by atoms with Gasteiger partial charge in [0.15, 0.2) is 0 Å². The molecule has 0 saturated heterocycles. The van der Waals surface area contributed by atoms with Gasteiger partial charge in [-0.25, -0.2) is 8.42 Å². The molecule has 1 rings (SSSR count). The zero-order valence-corrected chi connectivity index (χ0v) is 9.00. The maximum atomic E-state index is 11.2. The third-order valence-electron chi connectivity index (χ3n) is 2.96. The molecule has 4 N–H and O–H groups in total. The van der Waals surface area contributed by atoms with Crippen molar-refractivity contribution in [3.05, 3.63) is 0 Å². The van der Waals surface area contributed by atoms with Gasteiger partial charge in [0.1, 0.15) is 15.4 Å². The highest BCUT2D eigenvalue weighted by molar-refractivity contribution is 7.91. The Morgan fingerprint density at radius 2 is 2.14 bits per heavy atom. The van der Waals surface area contributed by atoms with Crippen LogP contribution in [0.3, 0.4) is 0 Å². The Morgan fingerprint density at radius 1 is 1.57 bits per heavy atom. The van der Waals surface area contributed by atoms with E-state index in [2.05, 4.69) is 0 Å². The number of hydrogen-bond donors (Lipinski definition) is 3. The van der Waals surface area contributed by atoms with Crippen molar-refractivity contribution in [1.29, 1.82) is 0 Å². The summed E-state index contributed by atoms with van der Waals surface area (Å²) in [6.07, 6.45) is 0.788. The topological polar surface area (TPSA) is 101 Å². The van der Waals surface area contributed by atoms with E-state index in [1.165, 1.54) is 0 Å². The lowest BCUT2D eigenvalue weighted by molar-refractivity contribution is -0.0915. The SMILES string of the molecule is CS(=O)(=O)[C@@H]1CCC(O)(CN)C(O)C1. The van der Waals surface area contributed by atoms with Gasteiger partial charge in [-0.05, 0) is 19.3 Å². The normalized spacial score (nSPS) is 39.7. The minimum atomic E-state index is -3.13. The smallest absolute Gasteiger partial charge is 0.150 e. The predicted octanol–water partition coefficient (Wildman–Crippen LogP) is -1.37. The molecule has 0 bridgehead atoms. The van der Waals surface area contributed by atoms with Gasteiger partial charge in [0.05, 0.1) is 11.4 Å². The maximum Gasteiger partial charge on any atom is 0.150 e. The van der Waals surface area contributed by atoms with Gasteiger partial charge in [-0.15, -0.1) is 0 Å². The molecule has 0 amide bonds. The Bertz CT molecular complexity index is 302. The van der Waals surface area contributed by atoms with E-state index in [4.69, 9.17) is 5.73 Å². The van der Waals surface area contributed by atoms with Gasteiger partial charge in [-0.1, -0.05) is 0 Å². The van der Waals surface area contributed by atoms with E-state index in [1.807, 2.05) is 0 Å². The van der Waals surface area contributed by atoms with E-state index in [1.54, 1.807) is 0 Å². The van der Waals surface area contributed by atoms with Crippen molar-refractivity contribution in [1.82, 2.24) is 0 Å². The molecule has 3 atom stereocenters. The van der Waals surface area contributed by atoms with Crippen LogP contribution >= 0.6 is 0 Å². The fraction of sp³-hybridized carbons (Fsp3) is 1.00. The highest BCUT2D eigenvalue weighted by Crippen LogP contribution is 2.31. The zero-order chi connectivity index (χ0) is 11.0. The molecule has 14 heavy (non-hydrogen) atoms. The van der Waals surface area contributed by atoms with Crippen LogP contribution in [-0.4, -0.2) is 48.4 Å². The molecule has 1 fully saturated rings. The minimum Gasteiger partial charge on any atom is -0.390 e. The highest BCUT2D eigenvalue weighted by atomic mass is 32.2. The van der Waals surface area contributed by atoms with E-state index in [0.717, 1.165) is 6.26 Å². The third kappa shape index (κ3) is 2.25. The molecular formula is C8H17NO4S. The summed E-state index contributed by atoms with van der Waals surface area (Å²) >= 11 is 0. The first-order valence-electron chi connectivity index (χ1n) is 4.59. The molecule has 0 aromatic carbocycles. The van der Waals surface area contributed by atoms with Crippen molar-refractivity contribution in [2.45, 2.75) is 36.2 Å². The fourth-order valence-electron chi connectivity index (χ4n) is 1.79. The van der Waals surface area contributed by atoms with Crippen LogP contribution in [0.4, 0.5) is 0 Å². The quantitative estimate of drug-likeness (QED) is 0.536. The van der Waals surface area contributed by atoms with Crippen LogP contribution in [0.2, 0.25) is 0 Å². The predicted molar refractivity (Wildman–Crippen MR) is 52.5 cm³/mol. The number of nitrogens with two attached hydrogens (primary N) is 1. The molecule has 6 heteroatoms. The molecule has 0 aromatic rings. The zero-order valence-electron chi connectivity index (χ0n) is 8.18. The summed E-state index contributed by atoms with van der Waals surface area (Å²) in [6, 6.07) is 0. The van der Waals surface area contributed by atoms with Gasteiger partial charge in [0.25, 0.3) is 0 Å². The third-order valence-corrected chi connectivity index (χ3v) is 4.60. The summed E-state index contributed by atoms with van der Waals surface area (Å²) < 4.78 is 22.4. The number of aliphatic hydroxyl groups is 2. The Hall–Kier alpha value is -0.170.